The minimum atomic E-state index is -0.0453. The van der Waals surface area contributed by atoms with Crippen molar-refractivity contribution in [3.63, 3.8) is 0 Å². The van der Waals surface area contributed by atoms with Gasteiger partial charge in [-0.15, -0.1) is 0 Å². The van der Waals surface area contributed by atoms with Crippen LogP contribution in [0.4, 0.5) is 0 Å². The minimum Gasteiger partial charge on any atom is -0.346 e. The Hall–Kier alpha value is -2.16. The predicted molar refractivity (Wildman–Crippen MR) is 76.0 cm³/mol. The van der Waals surface area contributed by atoms with Crippen LogP contribution in [0.15, 0.2) is 42.7 Å². The Bertz CT molecular complexity index is 558. The topological polar surface area (TPSA) is 42.0 Å². The highest BCUT2D eigenvalue weighted by atomic mass is 16.1. The zero-order valence-corrected chi connectivity index (χ0v) is 11.5. The molecule has 1 atom stereocenters. The van der Waals surface area contributed by atoms with E-state index in [2.05, 4.69) is 16.4 Å². The van der Waals surface area contributed by atoms with Crippen LogP contribution >= 0.6 is 0 Å². The van der Waals surface area contributed by atoms with Gasteiger partial charge in [-0.3, -0.25) is 9.78 Å². The molecule has 2 aromatic rings. The molecule has 2 rings (SSSR count). The molecule has 0 radical (unpaired) electrons. The summed E-state index contributed by atoms with van der Waals surface area (Å²) in [5.74, 6) is -0.0453. The average molecular weight is 254 g/mol. The lowest BCUT2D eigenvalue weighted by atomic mass is 10.1. The molecule has 0 saturated heterocycles. The number of rotatable bonds is 3. The molecule has 1 aromatic heterocycles. The maximum Gasteiger partial charge on any atom is 0.251 e. The van der Waals surface area contributed by atoms with Gasteiger partial charge in [-0.25, -0.2) is 0 Å². The van der Waals surface area contributed by atoms with E-state index in [9.17, 15) is 4.79 Å². The highest BCUT2D eigenvalue weighted by Crippen LogP contribution is 2.13. The van der Waals surface area contributed by atoms with Gasteiger partial charge in [0, 0.05) is 18.0 Å². The first-order valence-electron chi connectivity index (χ1n) is 6.35. The maximum absolute atomic E-state index is 12.2. The van der Waals surface area contributed by atoms with E-state index < -0.39 is 0 Å². The maximum atomic E-state index is 12.2. The standard InChI is InChI=1S/C16H18N2O/c1-11-8-12(2)10-15(9-11)16(19)18-13(3)14-4-6-17-7-5-14/h4-10,13H,1-3H3,(H,18,19). The van der Waals surface area contributed by atoms with E-state index in [1.165, 1.54) is 0 Å². The summed E-state index contributed by atoms with van der Waals surface area (Å²) in [6.45, 7) is 5.96. The fraction of sp³-hybridized carbons (Fsp3) is 0.250. The van der Waals surface area contributed by atoms with Crippen LogP contribution in [0.25, 0.3) is 0 Å². The van der Waals surface area contributed by atoms with Crippen molar-refractivity contribution in [3.05, 3.63) is 65.0 Å². The van der Waals surface area contributed by atoms with Gasteiger partial charge in [0.05, 0.1) is 6.04 Å². The Morgan fingerprint density at radius 3 is 2.26 bits per heavy atom. The number of hydrogen-bond donors (Lipinski definition) is 1. The molecule has 3 heteroatoms. The second-order valence-electron chi connectivity index (χ2n) is 4.85. The van der Waals surface area contributed by atoms with E-state index in [-0.39, 0.29) is 11.9 Å². The van der Waals surface area contributed by atoms with Gasteiger partial charge in [-0.2, -0.15) is 0 Å². The van der Waals surface area contributed by atoms with Crippen LogP contribution in [0.2, 0.25) is 0 Å². The van der Waals surface area contributed by atoms with Crippen molar-refractivity contribution in [2.75, 3.05) is 0 Å². The molecule has 98 valence electrons. The molecule has 0 spiro atoms. The normalized spacial score (nSPS) is 11.9. The lowest BCUT2D eigenvalue weighted by Crippen LogP contribution is -2.26. The summed E-state index contributed by atoms with van der Waals surface area (Å²) >= 11 is 0. The van der Waals surface area contributed by atoms with Gasteiger partial charge in [-0.05, 0) is 50.6 Å². The lowest BCUT2D eigenvalue weighted by molar-refractivity contribution is 0.0939. The fourth-order valence-electron chi connectivity index (χ4n) is 2.12. The quantitative estimate of drug-likeness (QED) is 0.914. The molecule has 1 amide bonds. The van der Waals surface area contributed by atoms with Crippen LogP contribution in [0.1, 0.15) is 40.0 Å². The Morgan fingerprint density at radius 1 is 1.11 bits per heavy atom. The third kappa shape index (κ3) is 3.41. The van der Waals surface area contributed by atoms with Crippen molar-refractivity contribution >= 4 is 5.91 Å². The van der Waals surface area contributed by atoms with Crippen molar-refractivity contribution in [2.24, 2.45) is 0 Å². The van der Waals surface area contributed by atoms with Gasteiger partial charge in [-0.1, -0.05) is 17.2 Å². The number of carbonyl (C=O) groups is 1. The van der Waals surface area contributed by atoms with Crippen molar-refractivity contribution in [1.29, 1.82) is 0 Å². The molecule has 1 unspecified atom stereocenters. The highest BCUT2D eigenvalue weighted by Gasteiger charge is 2.11. The van der Waals surface area contributed by atoms with Crippen molar-refractivity contribution in [1.82, 2.24) is 10.3 Å². The predicted octanol–water partition coefficient (Wildman–Crippen LogP) is 3.19. The van der Waals surface area contributed by atoms with Crippen molar-refractivity contribution in [3.8, 4) is 0 Å². The zero-order chi connectivity index (χ0) is 13.8. The summed E-state index contributed by atoms with van der Waals surface area (Å²) in [5.41, 5.74) is 3.95. The molecule has 0 aliphatic carbocycles. The number of aromatic nitrogens is 1. The molecule has 1 heterocycles. The molecule has 0 aliphatic rings. The van der Waals surface area contributed by atoms with E-state index in [0.29, 0.717) is 5.56 Å². The Balaban J connectivity index is 2.13. The minimum absolute atomic E-state index is 0.0312. The number of amides is 1. The lowest BCUT2D eigenvalue weighted by Gasteiger charge is -2.14. The smallest absolute Gasteiger partial charge is 0.251 e. The zero-order valence-electron chi connectivity index (χ0n) is 11.5. The number of hydrogen-bond acceptors (Lipinski definition) is 2. The molecule has 19 heavy (non-hydrogen) atoms. The molecule has 1 aromatic carbocycles. The Labute approximate surface area is 113 Å². The number of nitrogens with one attached hydrogen (secondary N) is 1. The number of benzene rings is 1. The van der Waals surface area contributed by atoms with Gasteiger partial charge < -0.3 is 5.32 Å². The molecular formula is C16H18N2O. The third-order valence-electron chi connectivity index (χ3n) is 3.04. The summed E-state index contributed by atoms with van der Waals surface area (Å²) < 4.78 is 0. The summed E-state index contributed by atoms with van der Waals surface area (Å²) in [5, 5.41) is 3.00. The average Bonchev–Trinajstić information content (AvgIpc) is 2.38. The van der Waals surface area contributed by atoms with Crippen LogP contribution in [0.3, 0.4) is 0 Å². The first-order valence-corrected chi connectivity index (χ1v) is 6.35. The Kier molecular flexibility index (Phi) is 3.95. The number of aryl methyl sites for hydroxylation is 2. The van der Waals surface area contributed by atoms with Crippen LogP contribution in [0, 0.1) is 13.8 Å². The first kappa shape index (κ1) is 13.3. The molecule has 0 fully saturated rings. The van der Waals surface area contributed by atoms with Gasteiger partial charge in [0.15, 0.2) is 0 Å². The van der Waals surface area contributed by atoms with Crippen LogP contribution in [0.5, 0.6) is 0 Å². The number of pyridine rings is 1. The van der Waals surface area contributed by atoms with Gasteiger partial charge in [0.2, 0.25) is 0 Å². The van der Waals surface area contributed by atoms with E-state index in [1.54, 1.807) is 12.4 Å². The molecule has 3 nitrogen and oxygen atoms in total. The first-order chi connectivity index (χ1) is 9.06. The SMILES string of the molecule is Cc1cc(C)cc(C(=O)NC(C)c2ccncc2)c1. The summed E-state index contributed by atoms with van der Waals surface area (Å²) in [6.07, 6.45) is 3.46. The number of carbonyl (C=O) groups excluding carboxylic acids is 1. The van der Waals surface area contributed by atoms with E-state index in [4.69, 9.17) is 0 Å². The monoisotopic (exact) mass is 254 g/mol. The van der Waals surface area contributed by atoms with Crippen LogP contribution in [-0.2, 0) is 0 Å². The highest BCUT2D eigenvalue weighted by molar-refractivity contribution is 5.94. The Morgan fingerprint density at radius 2 is 1.68 bits per heavy atom. The molecule has 0 aliphatic heterocycles. The van der Waals surface area contributed by atoms with Gasteiger partial charge >= 0.3 is 0 Å². The van der Waals surface area contributed by atoms with Crippen LogP contribution < -0.4 is 5.32 Å². The molecule has 1 N–H and O–H groups in total. The van der Waals surface area contributed by atoms with Crippen molar-refractivity contribution < 1.29 is 4.79 Å². The van der Waals surface area contributed by atoms with Crippen LogP contribution in [-0.4, -0.2) is 10.9 Å². The van der Waals surface area contributed by atoms with E-state index >= 15 is 0 Å². The summed E-state index contributed by atoms with van der Waals surface area (Å²) in [4.78, 5) is 16.2. The number of nitrogens with zero attached hydrogens (tertiary/aromatic N) is 1. The molecular weight excluding hydrogens is 236 g/mol. The van der Waals surface area contributed by atoms with E-state index in [0.717, 1.165) is 16.7 Å². The largest absolute Gasteiger partial charge is 0.346 e. The van der Waals surface area contributed by atoms with Gasteiger partial charge in [0.1, 0.15) is 0 Å². The summed E-state index contributed by atoms with van der Waals surface area (Å²) in [6, 6.07) is 9.65. The van der Waals surface area contributed by atoms with E-state index in [1.807, 2.05) is 45.0 Å². The molecule has 0 saturated carbocycles. The molecule has 0 bridgehead atoms. The fourth-order valence-corrected chi connectivity index (χ4v) is 2.12. The van der Waals surface area contributed by atoms with Gasteiger partial charge in [0.25, 0.3) is 5.91 Å². The summed E-state index contributed by atoms with van der Waals surface area (Å²) in [7, 11) is 0. The third-order valence-corrected chi connectivity index (χ3v) is 3.04. The second-order valence-corrected chi connectivity index (χ2v) is 4.85. The van der Waals surface area contributed by atoms with Crippen molar-refractivity contribution in [2.45, 2.75) is 26.8 Å². The second kappa shape index (κ2) is 5.65.